The summed E-state index contributed by atoms with van der Waals surface area (Å²) in [6.45, 7) is 3.79. The zero-order chi connectivity index (χ0) is 13.9. The minimum Gasteiger partial charge on any atom is -0.477 e. The molecule has 3 rings (SSSR count). The normalized spacial score (nSPS) is 21.3. The predicted molar refractivity (Wildman–Crippen MR) is 75.0 cm³/mol. The molecule has 1 aromatic rings. The fourth-order valence-electron chi connectivity index (χ4n) is 3.18. The Bertz CT molecular complexity index is 480. The number of carboxylic acids is 1. The highest BCUT2D eigenvalue weighted by Crippen LogP contribution is 2.24. The van der Waals surface area contributed by atoms with E-state index in [4.69, 9.17) is 5.11 Å². The van der Waals surface area contributed by atoms with Gasteiger partial charge in [0, 0.05) is 38.4 Å². The molecule has 0 atom stereocenters. The largest absolute Gasteiger partial charge is 0.477 e. The minimum atomic E-state index is -1.00. The Morgan fingerprint density at radius 2 is 1.90 bits per heavy atom. The van der Waals surface area contributed by atoms with E-state index in [9.17, 15) is 4.79 Å². The molecular formula is C14H20N4O2. The molecule has 1 N–H and O–H groups in total. The van der Waals surface area contributed by atoms with Gasteiger partial charge in [-0.2, -0.15) is 0 Å². The van der Waals surface area contributed by atoms with Crippen LogP contribution in [0.3, 0.4) is 0 Å². The Balaban J connectivity index is 1.62. The maximum Gasteiger partial charge on any atom is 0.354 e. The number of anilines is 1. The second kappa shape index (κ2) is 5.75. The van der Waals surface area contributed by atoms with Crippen molar-refractivity contribution in [1.82, 2.24) is 14.9 Å². The molecule has 0 unspecified atom stereocenters. The number of hydrogen-bond donors (Lipinski definition) is 1. The van der Waals surface area contributed by atoms with E-state index in [1.54, 1.807) is 0 Å². The highest BCUT2D eigenvalue weighted by molar-refractivity contribution is 5.85. The predicted octanol–water partition coefficient (Wildman–Crippen LogP) is 1.24. The number of carbonyl (C=O) groups is 1. The summed E-state index contributed by atoms with van der Waals surface area (Å²) in [6, 6.07) is 2.18. The summed E-state index contributed by atoms with van der Waals surface area (Å²) in [5.41, 5.74) is 0.0632. The van der Waals surface area contributed by atoms with E-state index >= 15 is 0 Å². The number of piperazine rings is 1. The van der Waals surface area contributed by atoms with Crippen molar-refractivity contribution in [2.24, 2.45) is 0 Å². The quantitative estimate of drug-likeness (QED) is 0.895. The Labute approximate surface area is 118 Å². The maximum absolute atomic E-state index is 10.9. The van der Waals surface area contributed by atoms with Gasteiger partial charge in [0.2, 0.25) is 5.95 Å². The first-order valence-electron chi connectivity index (χ1n) is 7.29. The SMILES string of the molecule is O=C(O)c1ccnc(N2CCN(C3CCCC3)CC2)n1. The second-order valence-corrected chi connectivity index (χ2v) is 5.51. The van der Waals surface area contributed by atoms with Crippen molar-refractivity contribution in [3.8, 4) is 0 Å². The van der Waals surface area contributed by atoms with Crippen molar-refractivity contribution >= 4 is 11.9 Å². The lowest BCUT2D eigenvalue weighted by atomic mass is 10.2. The average molecular weight is 276 g/mol. The standard InChI is InChI=1S/C14H20N4O2/c19-13(20)12-5-6-15-14(16-12)18-9-7-17(8-10-18)11-3-1-2-4-11/h5-6,11H,1-4,7-10H2,(H,19,20). The van der Waals surface area contributed by atoms with Gasteiger partial charge < -0.3 is 10.0 Å². The molecule has 0 aromatic carbocycles. The van der Waals surface area contributed by atoms with Crippen molar-refractivity contribution in [3.05, 3.63) is 18.0 Å². The molecule has 6 nitrogen and oxygen atoms in total. The van der Waals surface area contributed by atoms with Gasteiger partial charge in [-0.25, -0.2) is 14.8 Å². The van der Waals surface area contributed by atoms with Gasteiger partial charge in [-0.1, -0.05) is 12.8 Å². The van der Waals surface area contributed by atoms with Gasteiger partial charge in [-0.3, -0.25) is 4.90 Å². The summed E-state index contributed by atoms with van der Waals surface area (Å²) in [7, 11) is 0. The first-order valence-corrected chi connectivity index (χ1v) is 7.29. The zero-order valence-corrected chi connectivity index (χ0v) is 11.5. The van der Waals surface area contributed by atoms with Crippen molar-refractivity contribution < 1.29 is 9.90 Å². The molecule has 2 fully saturated rings. The summed E-state index contributed by atoms with van der Waals surface area (Å²) < 4.78 is 0. The highest BCUT2D eigenvalue weighted by Gasteiger charge is 2.27. The van der Waals surface area contributed by atoms with Crippen LogP contribution in [0.1, 0.15) is 36.2 Å². The third-order valence-electron chi connectivity index (χ3n) is 4.30. The lowest BCUT2D eigenvalue weighted by Crippen LogP contribution is -2.50. The monoisotopic (exact) mass is 276 g/mol. The Hall–Kier alpha value is -1.69. The molecule has 20 heavy (non-hydrogen) atoms. The van der Waals surface area contributed by atoms with Crippen LogP contribution < -0.4 is 4.90 Å². The lowest BCUT2D eigenvalue weighted by Gasteiger charge is -2.38. The fraction of sp³-hybridized carbons (Fsp3) is 0.643. The molecular weight excluding hydrogens is 256 g/mol. The van der Waals surface area contributed by atoms with Crippen molar-refractivity contribution in [2.45, 2.75) is 31.7 Å². The Morgan fingerprint density at radius 3 is 2.55 bits per heavy atom. The molecule has 0 bridgehead atoms. The average Bonchev–Trinajstić information content (AvgIpc) is 3.02. The van der Waals surface area contributed by atoms with E-state index in [2.05, 4.69) is 19.8 Å². The number of aromatic nitrogens is 2. The van der Waals surface area contributed by atoms with Crippen LogP contribution in [0.2, 0.25) is 0 Å². The Morgan fingerprint density at radius 1 is 1.20 bits per heavy atom. The molecule has 1 aromatic heterocycles. The van der Waals surface area contributed by atoms with Gasteiger partial charge in [0.15, 0.2) is 5.69 Å². The molecule has 2 aliphatic rings. The van der Waals surface area contributed by atoms with Gasteiger partial charge in [-0.05, 0) is 18.9 Å². The maximum atomic E-state index is 10.9. The summed E-state index contributed by atoms with van der Waals surface area (Å²) in [4.78, 5) is 23.9. The Kier molecular flexibility index (Phi) is 3.82. The molecule has 6 heteroatoms. The van der Waals surface area contributed by atoms with Crippen LogP contribution in [0.15, 0.2) is 12.3 Å². The number of nitrogens with zero attached hydrogens (tertiary/aromatic N) is 4. The highest BCUT2D eigenvalue weighted by atomic mass is 16.4. The summed E-state index contributed by atoms with van der Waals surface area (Å²) >= 11 is 0. The smallest absolute Gasteiger partial charge is 0.354 e. The van der Waals surface area contributed by atoms with Crippen LogP contribution in [0, 0.1) is 0 Å². The van der Waals surface area contributed by atoms with Crippen molar-refractivity contribution in [2.75, 3.05) is 31.1 Å². The third kappa shape index (κ3) is 2.75. The molecule has 1 saturated heterocycles. The molecule has 1 aliphatic heterocycles. The molecule has 108 valence electrons. The lowest BCUT2D eigenvalue weighted by molar-refractivity contribution is 0.0690. The van der Waals surface area contributed by atoms with Crippen LogP contribution in [-0.4, -0.2) is 58.2 Å². The molecule has 0 radical (unpaired) electrons. The fourth-order valence-corrected chi connectivity index (χ4v) is 3.18. The zero-order valence-electron chi connectivity index (χ0n) is 11.5. The number of hydrogen-bond acceptors (Lipinski definition) is 5. The van der Waals surface area contributed by atoms with E-state index < -0.39 is 5.97 Å². The molecule has 2 heterocycles. The van der Waals surface area contributed by atoms with Gasteiger partial charge in [-0.15, -0.1) is 0 Å². The van der Waals surface area contributed by atoms with Crippen molar-refractivity contribution in [1.29, 1.82) is 0 Å². The van der Waals surface area contributed by atoms with E-state index in [1.807, 2.05) is 0 Å². The van der Waals surface area contributed by atoms with Crippen LogP contribution in [-0.2, 0) is 0 Å². The van der Waals surface area contributed by atoms with Gasteiger partial charge in [0.1, 0.15) is 0 Å². The van der Waals surface area contributed by atoms with Gasteiger partial charge >= 0.3 is 5.97 Å². The first-order chi connectivity index (χ1) is 9.74. The molecule has 1 saturated carbocycles. The van der Waals surface area contributed by atoms with Gasteiger partial charge in [0.25, 0.3) is 0 Å². The minimum absolute atomic E-state index is 0.0632. The first kappa shape index (κ1) is 13.3. The molecule has 0 amide bonds. The number of carboxylic acid groups (broad SMARTS) is 1. The van der Waals surface area contributed by atoms with Gasteiger partial charge in [0.05, 0.1) is 0 Å². The van der Waals surface area contributed by atoms with Crippen molar-refractivity contribution in [3.63, 3.8) is 0 Å². The molecule has 0 spiro atoms. The number of aromatic carboxylic acids is 1. The van der Waals surface area contributed by atoms with Crippen LogP contribution in [0.25, 0.3) is 0 Å². The van der Waals surface area contributed by atoms with E-state index in [0.717, 1.165) is 32.2 Å². The van der Waals surface area contributed by atoms with E-state index in [0.29, 0.717) is 5.95 Å². The summed E-state index contributed by atoms with van der Waals surface area (Å²) in [5, 5.41) is 8.98. The van der Waals surface area contributed by atoms with E-state index in [-0.39, 0.29) is 5.69 Å². The number of rotatable bonds is 3. The summed E-state index contributed by atoms with van der Waals surface area (Å²) in [5.74, 6) is -0.464. The summed E-state index contributed by atoms with van der Waals surface area (Å²) in [6.07, 6.45) is 6.88. The third-order valence-corrected chi connectivity index (χ3v) is 4.30. The topological polar surface area (TPSA) is 69.6 Å². The van der Waals surface area contributed by atoms with Crippen LogP contribution in [0.5, 0.6) is 0 Å². The van der Waals surface area contributed by atoms with Crippen LogP contribution >= 0.6 is 0 Å². The second-order valence-electron chi connectivity index (χ2n) is 5.51. The van der Waals surface area contributed by atoms with Crippen LogP contribution in [0.4, 0.5) is 5.95 Å². The molecule has 1 aliphatic carbocycles. The van der Waals surface area contributed by atoms with E-state index in [1.165, 1.54) is 37.9 Å².